The molecule has 0 aliphatic rings. The molecule has 0 bridgehead atoms. The first-order chi connectivity index (χ1) is 5.45. The van der Waals surface area contributed by atoms with Crippen LogP contribution in [0.5, 0.6) is 0 Å². The van der Waals surface area contributed by atoms with E-state index in [2.05, 4.69) is 33.0 Å². The summed E-state index contributed by atoms with van der Waals surface area (Å²) in [6, 6.07) is 0.463. The molecule has 74 valence electrons. The normalized spacial score (nSPS) is 14.8. The molecule has 0 aromatic heterocycles. The van der Waals surface area contributed by atoms with E-state index in [1.165, 1.54) is 0 Å². The Morgan fingerprint density at radius 2 is 1.92 bits per heavy atom. The molecule has 1 unspecified atom stereocenters. The molecule has 0 saturated carbocycles. The minimum absolute atomic E-state index is 0.392. The number of rotatable bonds is 5. The first kappa shape index (κ1) is 11.9. The van der Waals surface area contributed by atoms with Crippen LogP contribution in [0.4, 0.5) is 0 Å². The maximum atomic E-state index is 5.50. The van der Waals surface area contributed by atoms with E-state index in [1.54, 1.807) is 0 Å². The topological polar surface area (TPSA) is 21.3 Å². The highest BCUT2D eigenvalue weighted by molar-refractivity contribution is 4.61. The average molecular weight is 173 g/mol. The van der Waals surface area contributed by atoms with Gasteiger partial charge in [0.25, 0.3) is 0 Å². The lowest BCUT2D eigenvalue weighted by atomic mass is 9.93. The Balaban J connectivity index is 3.22. The van der Waals surface area contributed by atoms with E-state index in [4.69, 9.17) is 4.74 Å². The van der Waals surface area contributed by atoms with Crippen molar-refractivity contribution in [3.63, 3.8) is 0 Å². The lowest BCUT2D eigenvalue weighted by Gasteiger charge is -2.18. The minimum Gasteiger partial charge on any atom is -0.380 e. The number of likely N-dealkylation sites (N-methyl/N-ethyl adjacent to an activating group) is 1. The summed E-state index contributed by atoms with van der Waals surface area (Å²) in [4.78, 5) is 0. The van der Waals surface area contributed by atoms with Crippen molar-refractivity contribution in [2.45, 2.75) is 40.2 Å². The van der Waals surface area contributed by atoms with Crippen LogP contribution < -0.4 is 5.32 Å². The van der Waals surface area contributed by atoms with E-state index in [1.807, 2.05) is 7.05 Å². The standard InChI is InChI=1S/C10H23NO/c1-9(11-5)8-12-7-6-10(2,3)4/h9,11H,6-8H2,1-5H3. The lowest BCUT2D eigenvalue weighted by molar-refractivity contribution is 0.0949. The van der Waals surface area contributed by atoms with Crippen molar-refractivity contribution in [1.29, 1.82) is 0 Å². The summed E-state index contributed by atoms with van der Waals surface area (Å²) in [7, 11) is 1.96. The van der Waals surface area contributed by atoms with Crippen molar-refractivity contribution in [3.05, 3.63) is 0 Å². The summed E-state index contributed by atoms with van der Waals surface area (Å²) < 4.78 is 5.50. The molecule has 0 aliphatic heterocycles. The van der Waals surface area contributed by atoms with E-state index in [0.29, 0.717) is 11.5 Å². The fraction of sp³-hybridized carbons (Fsp3) is 1.00. The zero-order chi connectivity index (χ0) is 9.61. The molecular formula is C10H23NO. The first-order valence-corrected chi connectivity index (χ1v) is 4.71. The Morgan fingerprint density at radius 1 is 1.33 bits per heavy atom. The van der Waals surface area contributed by atoms with E-state index >= 15 is 0 Å². The van der Waals surface area contributed by atoms with E-state index in [9.17, 15) is 0 Å². The van der Waals surface area contributed by atoms with E-state index in [-0.39, 0.29) is 0 Å². The molecule has 0 spiro atoms. The highest BCUT2D eigenvalue weighted by atomic mass is 16.5. The van der Waals surface area contributed by atoms with Gasteiger partial charge in [0.15, 0.2) is 0 Å². The Kier molecular flexibility index (Phi) is 5.51. The van der Waals surface area contributed by atoms with Gasteiger partial charge in [-0.15, -0.1) is 0 Å². The maximum absolute atomic E-state index is 5.50. The zero-order valence-electron chi connectivity index (χ0n) is 9.11. The molecule has 0 aromatic carbocycles. The molecule has 2 nitrogen and oxygen atoms in total. The molecular weight excluding hydrogens is 150 g/mol. The molecule has 1 N–H and O–H groups in total. The van der Waals surface area contributed by atoms with Gasteiger partial charge in [-0.3, -0.25) is 0 Å². The third kappa shape index (κ3) is 8.02. The lowest BCUT2D eigenvalue weighted by Crippen LogP contribution is -2.27. The summed E-state index contributed by atoms with van der Waals surface area (Å²) >= 11 is 0. The summed E-state index contributed by atoms with van der Waals surface area (Å²) in [6.45, 7) is 10.5. The quantitative estimate of drug-likeness (QED) is 0.642. The second-order valence-corrected chi connectivity index (χ2v) is 4.58. The van der Waals surface area contributed by atoms with Gasteiger partial charge in [-0.05, 0) is 25.8 Å². The summed E-state index contributed by atoms with van der Waals surface area (Å²) in [5.74, 6) is 0. The van der Waals surface area contributed by atoms with Gasteiger partial charge < -0.3 is 10.1 Å². The van der Waals surface area contributed by atoms with Crippen molar-refractivity contribution < 1.29 is 4.74 Å². The smallest absolute Gasteiger partial charge is 0.0616 e. The molecule has 12 heavy (non-hydrogen) atoms. The Labute approximate surface area is 76.7 Å². The third-order valence-electron chi connectivity index (χ3n) is 1.86. The molecule has 0 heterocycles. The van der Waals surface area contributed by atoms with Gasteiger partial charge in [0.2, 0.25) is 0 Å². The van der Waals surface area contributed by atoms with Crippen LogP contribution in [0, 0.1) is 5.41 Å². The van der Waals surface area contributed by atoms with Gasteiger partial charge in [0.05, 0.1) is 6.61 Å². The molecule has 0 amide bonds. The molecule has 0 aromatic rings. The molecule has 2 heteroatoms. The van der Waals surface area contributed by atoms with Crippen molar-refractivity contribution in [2.24, 2.45) is 5.41 Å². The molecule has 1 atom stereocenters. The van der Waals surface area contributed by atoms with Crippen LogP contribution in [0.1, 0.15) is 34.1 Å². The van der Waals surface area contributed by atoms with Crippen molar-refractivity contribution >= 4 is 0 Å². The number of hydrogen-bond donors (Lipinski definition) is 1. The van der Waals surface area contributed by atoms with Gasteiger partial charge in [0.1, 0.15) is 0 Å². The van der Waals surface area contributed by atoms with Crippen LogP contribution >= 0.6 is 0 Å². The molecule has 0 aliphatic carbocycles. The van der Waals surface area contributed by atoms with Crippen LogP contribution in [-0.4, -0.2) is 26.3 Å². The Hall–Kier alpha value is -0.0800. The fourth-order valence-electron chi connectivity index (χ4n) is 0.722. The van der Waals surface area contributed by atoms with Crippen LogP contribution in [0.25, 0.3) is 0 Å². The van der Waals surface area contributed by atoms with Crippen molar-refractivity contribution in [3.8, 4) is 0 Å². The summed E-state index contributed by atoms with van der Waals surface area (Å²) in [5, 5.41) is 3.14. The highest BCUT2D eigenvalue weighted by Crippen LogP contribution is 2.17. The van der Waals surface area contributed by atoms with Gasteiger partial charge in [0, 0.05) is 12.6 Å². The zero-order valence-corrected chi connectivity index (χ0v) is 9.11. The van der Waals surface area contributed by atoms with Gasteiger partial charge in [-0.1, -0.05) is 20.8 Å². The third-order valence-corrected chi connectivity index (χ3v) is 1.86. The van der Waals surface area contributed by atoms with Crippen LogP contribution in [0.15, 0.2) is 0 Å². The van der Waals surface area contributed by atoms with Gasteiger partial charge in [-0.2, -0.15) is 0 Å². The summed E-state index contributed by atoms with van der Waals surface area (Å²) in [5.41, 5.74) is 0.392. The Morgan fingerprint density at radius 3 is 2.33 bits per heavy atom. The largest absolute Gasteiger partial charge is 0.380 e. The minimum atomic E-state index is 0.392. The van der Waals surface area contributed by atoms with Gasteiger partial charge in [-0.25, -0.2) is 0 Å². The molecule has 0 fully saturated rings. The second-order valence-electron chi connectivity index (χ2n) is 4.58. The number of ether oxygens (including phenoxy) is 1. The Bertz CT molecular complexity index is 107. The summed E-state index contributed by atoms with van der Waals surface area (Å²) in [6.07, 6.45) is 1.13. The number of nitrogens with one attached hydrogen (secondary N) is 1. The van der Waals surface area contributed by atoms with Crippen LogP contribution in [0.3, 0.4) is 0 Å². The first-order valence-electron chi connectivity index (χ1n) is 4.71. The molecule has 0 saturated heterocycles. The maximum Gasteiger partial charge on any atom is 0.0616 e. The average Bonchev–Trinajstić information content (AvgIpc) is 1.96. The van der Waals surface area contributed by atoms with Gasteiger partial charge >= 0.3 is 0 Å². The van der Waals surface area contributed by atoms with E-state index < -0.39 is 0 Å². The van der Waals surface area contributed by atoms with Crippen LogP contribution in [0.2, 0.25) is 0 Å². The molecule has 0 radical (unpaired) electrons. The fourth-order valence-corrected chi connectivity index (χ4v) is 0.722. The molecule has 0 rings (SSSR count). The van der Waals surface area contributed by atoms with E-state index in [0.717, 1.165) is 19.6 Å². The predicted molar refractivity (Wildman–Crippen MR) is 53.4 cm³/mol. The number of hydrogen-bond acceptors (Lipinski definition) is 2. The van der Waals surface area contributed by atoms with Crippen LogP contribution in [-0.2, 0) is 4.74 Å². The highest BCUT2D eigenvalue weighted by Gasteiger charge is 2.09. The van der Waals surface area contributed by atoms with Crippen molar-refractivity contribution in [1.82, 2.24) is 5.32 Å². The van der Waals surface area contributed by atoms with Crippen molar-refractivity contribution in [2.75, 3.05) is 20.3 Å². The SMILES string of the molecule is CNC(C)COCCC(C)(C)C. The second kappa shape index (κ2) is 5.55. The predicted octanol–water partition coefficient (Wildman–Crippen LogP) is 2.05. The monoisotopic (exact) mass is 173 g/mol.